The molecule has 0 aliphatic carbocycles. The molecule has 0 aliphatic rings. The van der Waals surface area contributed by atoms with E-state index in [1.165, 1.54) is 17.1 Å². The number of aromatic amines is 1. The Labute approximate surface area is 96.7 Å². The molecule has 0 saturated heterocycles. The summed E-state index contributed by atoms with van der Waals surface area (Å²) in [6, 6.07) is 10.1. The highest BCUT2D eigenvalue weighted by atomic mass is 35.5. The number of nitrogens with one attached hydrogen (secondary N) is 1. The topological polar surface area (TPSA) is 32.9 Å². The maximum absolute atomic E-state index is 11.3. The van der Waals surface area contributed by atoms with Crippen molar-refractivity contribution in [2.24, 2.45) is 0 Å². The number of hydrogen-bond acceptors (Lipinski definition) is 2. The van der Waals surface area contributed by atoms with Gasteiger partial charge >= 0.3 is 0 Å². The zero-order chi connectivity index (χ0) is 10.7. The third-order valence-electron chi connectivity index (χ3n) is 2.25. The molecule has 2 nitrogen and oxygen atoms in total. The molecule has 0 bridgehead atoms. The third kappa shape index (κ3) is 2.49. The fourth-order valence-electron chi connectivity index (χ4n) is 1.43. The van der Waals surface area contributed by atoms with Crippen molar-refractivity contribution in [3.8, 4) is 0 Å². The zero-order valence-electron chi connectivity index (χ0n) is 8.00. The molecule has 0 spiro atoms. The van der Waals surface area contributed by atoms with E-state index in [-0.39, 0.29) is 5.56 Å². The van der Waals surface area contributed by atoms with Crippen LogP contribution in [0.2, 0.25) is 4.34 Å². The van der Waals surface area contributed by atoms with Gasteiger partial charge in [0, 0.05) is 5.56 Å². The smallest absolute Gasteiger partial charge is 0.262 e. The van der Waals surface area contributed by atoms with Crippen molar-refractivity contribution in [1.82, 2.24) is 4.37 Å². The SMILES string of the molecule is O=c1[nH]sc(Cl)c1CCc1ccccc1. The van der Waals surface area contributed by atoms with E-state index in [0.29, 0.717) is 16.3 Å². The molecule has 1 aromatic heterocycles. The minimum absolute atomic E-state index is 0.0547. The molecule has 2 aromatic rings. The lowest BCUT2D eigenvalue weighted by atomic mass is 10.1. The summed E-state index contributed by atoms with van der Waals surface area (Å²) in [6.07, 6.45) is 1.54. The van der Waals surface area contributed by atoms with Crippen molar-refractivity contribution in [3.63, 3.8) is 0 Å². The molecule has 4 heteroatoms. The van der Waals surface area contributed by atoms with Crippen LogP contribution >= 0.6 is 23.1 Å². The van der Waals surface area contributed by atoms with Crippen molar-refractivity contribution < 1.29 is 0 Å². The minimum Gasteiger partial charge on any atom is -0.276 e. The summed E-state index contributed by atoms with van der Waals surface area (Å²) < 4.78 is 3.21. The molecule has 1 heterocycles. The van der Waals surface area contributed by atoms with Crippen molar-refractivity contribution >= 4 is 23.1 Å². The Morgan fingerprint density at radius 2 is 1.93 bits per heavy atom. The van der Waals surface area contributed by atoms with Crippen LogP contribution in [0.15, 0.2) is 35.1 Å². The highest BCUT2D eigenvalue weighted by molar-refractivity contribution is 7.10. The lowest BCUT2D eigenvalue weighted by molar-refractivity contribution is 0.951. The van der Waals surface area contributed by atoms with E-state index in [1.807, 2.05) is 18.2 Å². The Bertz CT molecular complexity index is 489. The second kappa shape index (κ2) is 4.64. The normalized spacial score (nSPS) is 10.5. The molecule has 1 aromatic carbocycles. The molecule has 0 unspecified atom stereocenters. The van der Waals surface area contributed by atoms with Gasteiger partial charge in [-0.2, -0.15) is 0 Å². The van der Waals surface area contributed by atoms with Gasteiger partial charge in [0.2, 0.25) is 0 Å². The second-order valence-corrected chi connectivity index (χ2v) is 4.69. The quantitative estimate of drug-likeness (QED) is 0.878. The van der Waals surface area contributed by atoms with Crippen molar-refractivity contribution in [1.29, 1.82) is 0 Å². The van der Waals surface area contributed by atoms with Crippen LogP contribution in [0.3, 0.4) is 0 Å². The Morgan fingerprint density at radius 3 is 2.53 bits per heavy atom. The molecule has 0 fully saturated rings. The first-order valence-electron chi connectivity index (χ1n) is 4.67. The standard InChI is InChI=1S/C11H10ClNOS/c12-10-9(11(14)13-15-10)7-6-8-4-2-1-3-5-8/h1-5H,6-7H2,(H,13,14). The summed E-state index contributed by atoms with van der Waals surface area (Å²) in [7, 11) is 0. The lowest BCUT2D eigenvalue weighted by Crippen LogP contribution is -2.06. The second-order valence-electron chi connectivity index (χ2n) is 3.27. The molecule has 0 radical (unpaired) electrons. The van der Waals surface area contributed by atoms with Gasteiger partial charge in [-0.3, -0.25) is 9.17 Å². The molecule has 0 atom stereocenters. The number of aryl methyl sites for hydroxylation is 1. The lowest BCUT2D eigenvalue weighted by Gasteiger charge is -1.98. The molecular formula is C11H10ClNOS. The molecule has 78 valence electrons. The van der Waals surface area contributed by atoms with Gasteiger partial charge in [-0.05, 0) is 29.9 Å². The third-order valence-corrected chi connectivity index (χ3v) is 3.42. The van der Waals surface area contributed by atoms with Crippen LogP contribution in [0, 0.1) is 0 Å². The molecule has 2 rings (SSSR count). The van der Waals surface area contributed by atoms with Crippen LogP contribution in [0.5, 0.6) is 0 Å². The number of benzene rings is 1. The molecule has 0 amide bonds. The summed E-state index contributed by atoms with van der Waals surface area (Å²) in [5.74, 6) is 0. The zero-order valence-corrected chi connectivity index (χ0v) is 9.57. The van der Waals surface area contributed by atoms with Gasteiger partial charge in [-0.25, -0.2) is 0 Å². The van der Waals surface area contributed by atoms with E-state index in [2.05, 4.69) is 16.5 Å². The summed E-state index contributed by atoms with van der Waals surface area (Å²) >= 11 is 7.09. The van der Waals surface area contributed by atoms with Gasteiger partial charge in [0.05, 0.1) is 0 Å². The van der Waals surface area contributed by atoms with Crippen molar-refractivity contribution in [2.45, 2.75) is 12.8 Å². The Morgan fingerprint density at radius 1 is 1.20 bits per heavy atom. The first kappa shape index (κ1) is 10.5. The van der Waals surface area contributed by atoms with Crippen molar-refractivity contribution in [2.75, 3.05) is 0 Å². The Hall–Kier alpha value is -1.06. The summed E-state index contributed by atoms with van der Waals surface area (Å²) in [6.45, 7) is 0. The highest BCUT2D eigenvalue weighted by Gasteiger charge is 2.07. The van der Waals surface area contributed by atoms with Gasteiger partial charge in [-0.15, -0.1) is 0 Å². The van der Waals surface area contributed by atoms with Crippen LogP contribution in [-0.4, -0.2) is 4.37 Å². The van der Waals surface area contributed by atoms with Crippen LogP contribution in [0.25, 0.3) is 0 Å². The van der Waals surface area contributed by atoms with Crippen LogP contribution < -0.4 is 5.56 Å². The van der Waals surface area contributed by atoms with E-state index in [0.717, 1.165) is 6.42 Å². The van der Waals surface area contributed by atoms with Gasteiger partial charge in [0.1, 0.15) is 4.34 Å². The molecule has 0 aliphatic heterocycles. The van der Waals surface area contributed by atoms with E-state index in [4.69, 9.17) is 11.6 Å². The minimum atomic E-state index is -0.0547. The van der Waals surface area contributed by atoms with E-state index < -0.39 is 0 Å². The van der Waals surface area contributed by atoms with Crippen LogP contribution in [-0.2, 0) is 12.8 Å². The average molecular weight is 240 g/mol. The van der Waals surface area contributed by atoms with Gasteiger partial charge in [0.15, 0.2) is 0 Å². The van der Waals surface area contributed by atoms with Gasteiger partial charge in [-0.1, -0.05) is 41.9 Å². The maximum Gasteiger partial charge on any atom is 0.262 e. The molecule has 15 heavy (non-hydrogen) atoms. The van der Waals surface area contributed by atoms with Crippen molar-refractivity contribution in [3.05, 3.63) is 56.1 Å². The summed E-state index contributed by atoms with van der Waals surface area (Å²) in [5, 5.41) is 0. The largest absolute Gasteiger partial charge is 0.276 e. The fraction of sp³-hybridized carbons (Fsp3) is 0.182. The first-order valence-corrected chi connectivity index (χ1v) is 5.86. The van der Waals surface area contributed by atoms with E-state index in [9.17, 15) is 4.79 Å². The monoisotopic (exact) mass is 239 g/mol. The van der Waals surface area contributed by atoms with E-state index in [1.54, 1.807) is 0 Å². The van der Waals surface area contributed by atoms with Crippen LogP contribution in [0.4, 0.5) is 0 Å². The number of halogens is 1. The Kier molecular flexibility index (Phi) is 3.23. The summed E-state index contributed by atoms with van der Waals surface area (Å²) in [4.78, 5) is 11.3. The summed E-state index contributed by atoms with van der Waals surface area (Å²) in [5.41, 5.74) is 1.87. The number of H-pyrrole nitrogens is 1. The predicted molar refractivity (Wildman–Crippen MR) is 63.8 cm³/mol. The number of rotatable bonds is 3. The first-order chi connectivity index (χ1) is 7.27. The fourth-order valence-corrected chi connectivity index (χ4v) is 2.35. The number of hydrogen-bond donors (Lipinski definition) is 1. The Balaban J connectivity index is 2.09. The number of aromatic nitrogens is 1. The average Bonchev–Trinajstić information content (AvgIpc) is 2.58. The van der Waals surface area contributed by atoms with E-state index >= 15 is 0 Å². The van der Waals surface area contributed by atoms with Crippen LogP contribution in [0.1, 0.15) is 11.1 Å². The molecule has 1 N–H and O–H groups in total. The maximum atomic E-state index is 11.3. The predicted octanol–water partition coefficient (Wildman–Crippen LogP) is 2.88. The van der Waals surface area contributed by atoms with Gasteiger partial charge < -0.3 is 0 Å². The van der Waals surface area contributed by atoms with Gasteiger partial charge in [0.25, 0.3) is 5.56 Å². The molecule has 0 saturated carbocycles. The highest BCUT2D eigenvalue weighted by Crippen LogP contribution is 2.17. The molecular weight excluding hydrogens is 230 g/mol.